The van der Waals surface area contributed by atoms with Crippen LogP contribution in [0, 0.1) is 0 Å². The number of carbonyl (C=O) groups excluding carboxylic acids is 1. The molecule has 1 saturated heterocycles. The van der Waals surface area contributed by atoms with Gasteiger partial charge in [0.05, 0.1) is 4.34 Å². The number of carbonyl (C=O) groups is 1. The summed E-state index contributed by atoms with van der Waals surface area (Å²) in [4.78, 5) is 15.1. The minimum absolute atomic E-state index is 0.0876. The second-order valence-corrected chi connectivity index (χ2v) is 10.8. The van der Waals surface area contributed by atoms with Crippen LogP contribution in [0.5, 0.6) is 0 Å². The zero-order valence-electron chi connectivity index (χ0n) is 14.8. The molecule has 144 valence electrons. The highest BCUT2D eigenvalue weighted by molar-refractivity contribution is 7.91. The first-order valence-corrected chi connectivity index (χ1v) is 11.7. The van der Waals surface area contributed by atoms with Crippen molar-refractivity contribution in [1.82, 2.24) is 9.21 Å². The van der Waals surface area contributed by atoms with E-state index in [1.54, 1.807) is 6.07 Å². The molecule has 3 heterocycles. The first kappa shape index (κ1) is 18.9. The van der Waals surface area contributed by atoms with Crippen LogP contribution < -0.4 is 0 Å². The lowest BCUT2D eigenvalue weighted by Crippen LogP contribution is -2.53. The van der Waals surface area contributed by atoms with E-state index in [1.165, 1.54) is 15.9 Å². The summed E-state index contributed by atoms with van der Waals surface area (Å²) in [7, 11) is -3.71. The molecule has 5 nitrogen and oxygen atoms in total. The van der Waals surface area contributed by atoms with E-state index in [2.05, 4.69) is 6.07 Å². The van der Waals surface area contributed by atoms with Gasteiger partial charge >= 0.3 is 0 Å². The van der Waals surface area contributed by atoms with Gasteiger partial charge in [0.1, 0.15) is 10.3 Å². The molecule has 0 radical (unpaired) electrons. The molecule has 27 heavy (non-hydrogen) atoms. The Morgan fingerprint density at radius 2 is 1.85 bits per heavy atom. The van der Waals surface area contributed by atoms with Crippen LogP contribution in [0.2, 0.25) is 4.34 Å². The number of nitrogens with zero attached hydrogens (tertiary/aromatic N) is 2. The number of amides is 1. The molecule has 1 aromatic carbocycles. The van der Waals surface area contributed by atoms with Crippen LogP contribution in [0.15, 0.2) is 40.6 Å². The van der Waals surface area contributed by atoms with Crippen LogP contribution in [-0.2, 0) is 27.8 Å². The topological polar surface area (TPSA) is 57.7 Å². The second kappa shape index (κ2) is 7.54. The summed E-state index contributed by atoms with van der Waals surface area (Å²) in [6.45, 7) is 1.55. The molecule has 1 atom stereocenters. The van der Waals surface area contributed by atoms with Crippen LogP contribution >= 0.6 is 22.9 Å². The Morgan fingerprint density at radius 1 is 1.07 bits per heavy atom. The average molecular weight is 425 g/mol. The third-order valence-electron chi connectivity index (χ3n) is 5.29. The standard InChI is InChI=1S/C19H21ClN2O3S2/c20-17-8-9-18(26-17)27(24,25)22-11-4-3-7-16(22)19(23)21-12-10-14-5-1-2-6-15(14)13-21/h1-2,5-6,8-9,16H,3-4,7,10-13H2. The maximum absolute atomic E-state index is 13.3. The molecule has 2 aromatic rings. The van der Waals surface area contributed by atoms with E-state index in [0.717, 1.165) is 36.2 Å². The zero-order valence-corrected chi connectivity index (χ0v) is 17.2. The average Bonchev–Trinajstić information content (AvgIpc) is 3.14. The quantitative estimate of drug-likeness (QED) is 0.757. The summed E-state index contributed by atoms with van der Waals surface area (Å²) >= 11 is 6.97. The lowest BCUT2D eigenvalue weighted by Gasteiger charge is -2.38. The van der Waals surface area contributed by atoms with E-state index < -0.39 is 16.1 Å². The van der Waals surface area contributed by atoms with E-state index in [0.29, 0.717) is 30.4 Å². The zero-order chi connectivity index (χ0) is 19.0. The molecule has 1 unspecified atom stereocenters. The molecule has 8 heteroatoms. The summed E-state index contributed by atoms with van der Waals surface area (Å²) in [5.74, 6) is -0.0876. The Hall–Kier alpha value is -1.41. The Balaban J connectivity index is 1.58. The van der Waals surface area contributed by atoms with Gasteiger partial charge in [-0.2, -0.15) is 4.31 Å². The third kappa shape index (κ3) is 3.66. The number of sulfonamides is 1. The number of hydrogen-bond donors (Lipinski definition) is 0. The van der Waals surface area contributed by atoms with Crippen molar-refractivity contribution in [2.75, 3.05) is 13.1 Å². The predicted molar refractivity (Wildman–Crippen MR) is 106 cm³/mol. The Morgan fingerprint density at radius 3 is 2.59 bits per heavy atom. The molecule has 0 aliphatic carbocycles. The van der Waals surface area contributed by atoms with Crippen LogP contribution in [0.3, 0.4) is 0 Å². The van der Waals surface area contributed by atoms with Crippen molar-refractivity contribution < 1.29 is 13.2 Å². The monoisotopic (exact) mass is 424 g/mol. The van der Waals surface area contributed by atoms with Gasteiger partial charge in [-0.25, -0.2) is 8.42 Å². The lowest BCUT2D eigenvalue weighted by atomic mass is 9.98. The highest BCUT2D eigenvalue weighted by Crippen LogP contribution is 2.32. The van der Waals surface area contributed by atoms with Gasteiger partial charge in [-0.3, -0.25) is 4.79 Å². The summed E-state index contributed by atoms with van der Waals surface area (Å²) in [5.41, 5.74) is 2.41. The van der Waals surface area contributed by atoms with Crippen molar-refractivity contribution in [2.24, 2.45) is 0 Å². The second-order valence-electron chi connectivity index (χ2n) is 6.96. The van der Waals surface area contributed by atoms with Crippen molar-refractivity contribution in [3.63, 3.8) is 0 Å². The van der Waals surface area contributed by atoms with Gasteiger partial charge < -0.3 is 4.90 Å². The van der Waals surface area contributed by atoms with E-state index in [4.69, 9.17) is 11.6 Å². The van der Waals surface area contributed by atoms with E-state index in [-0.39, 0.29) is 10.1 Å². The highest BCUT2D eigenvalue weighted by Gasteiger charge is 2.40. The largest absolute Gasteiger partial charge is 0.337 e. The number of piperidine rings is 1. The summed E-state index contributed by atoms with van der Waals surface area (Å²) in [5, 5.41) is 0. The van der Waals surface area contributed by atoms with Gasteiger partial charge in [0, 0.05) is 19.6 Å². The Kier molecular flexibility index (Phi) is 5.29. The van der Waals surface area contributed by atoms with Crippen molar-refractivity contribution in [1.29, 1.82) is 0 Å². The first-order valence-electron chi connectivity index (χ1n) is 9.09. The van der Waals surface area contributed by atoms with E-state index in [1.807, 2.05) is 23.1 Å². The fourth-order valence-corrected chi connectivity index (χ4v) is 7.15. The SMILES string of the molecule is O=C(C1CCCCN1S(=O)(=O)c1ccc(Cl)s1)N1CCc2ccccc2C1. The van der Waals surface area contributed by atoms with Gasteiger partial charge in [-0.1, -0.05) is 42.3 Å². The minimum atomic E-state index is -3.71. The maximum Gasteiger partial charge on any atom is 0.253 e. The van der Waals surface area contributed by atoms with E-state index in [9.17, 15) is 13.2 Å². The molecule has 1 amide bonds. The highest BCUT2D eigenvalue weighted by atomic mass is 35.5. The fraction of sp³-hybridized carbons (Fsp3) is 0.421. The van der Waals surface area contributed by atoms with Crippen LogP contribution in [0.25, 0.3) is 0 Å². The van der Waals surface area contributed by atoms with Crippen molar-refractivity contribution in [3.8, 4) is 0 Å². The van der Waals surface area contributed by atoms with Gasteiger partial charge in [0.2, 0.25) is 5.91 Å². The number of benzene rings is 1. The number of hydrogen-bond acceptors (Lipinski definition) is 4. The number of halogens is 1. The Bertz CT molecular complexity index is 957. The molecule has 1 aromatic heterocycles. The van der Waals surface area contributed by atoms with Crippen LogP contribution in [-0.4, -0.2) is 42.7 Å². The molecular weight excluding hydrogens is 404 g/mol. The normalized spacial score (nSPS) is 21.1. The van der Waals surface area contributed by atoms with Crippen molar-refractivity contribution in [3.05, 3.63) is 51.9 Å². The van der Waals surface area contributed by atoms with Crippen LogP contribution in [0.1, 0.15) is 30.4 Å². The maximum atomic E-state index is 13.3. The van der Waals surface area contributed by atoms with Gasteiger partial charge in [0.25, 0.3) is 10.0 Å². The molecule has 2 aliphatic heterocycles. The predicted octanol–water partition coefficient (Wildman–Crippen LogP) is 3.53. The van der Waals surface area contributed by atoms with E-state index >= 15 is 0 Å². The van der Waals surface area contributed by atoms with Gasteiger partial charge in [-0.15, -0.1) is 11.3 Å². The molecule has 0 saturated carbocycles. The number of thiophene rings is 1. The third-order valence-corrected chi connectivity index (χ3v) is 8.90. The van der Waals surface area contributed by atoms with Gasteiger partial charge in [-0.05, 0) is 42.5 Å². The molecule has 0 N–H and O–H groups in total. The molecule has 4 rings (SSSR count). The van der Waals surface area contributed by atoms with Crippen molar-refractivity contribution in [2.45, 2.75) is 42.5 Å². The molecule has 0 bridgehead atoms. The molecule has 0 spiro atoms. The first-order chi connectivity index (χ1) is 13.0. The smallest absolute Gasteiger partial charge is 0.253 e. The fourth-order valence-electron chi connectivity index (χ4n) is 3.89. The van der Waals surface area contributed by atoms with Crippen molar-refractivity contribution >= 4 is 38.9 Å². The number of fused-ring (bicyclic) bond motifs is 1. The summed E-state index contributed by atoms with van der Waals surface area (Å²) in [6.07, 6.45) is 3.00. The van der Waals surface area contributed by atoms with Crippen LogP contribution in [0.4, 0.5) is 0 Å². The molecule has 1 fully saturated rings. The Labute approximate surface area is 168 Å². The lowest BCUT2D eigenvalue weighted by molar-refractivity contribution is -0.137. The minimum Gasteiger partial charge on any atom is -0.337 e. The number of rotatable bonds is 3. The summed E-state index contributed by atoms with van der Waals surface area (Å²) in [6, 6.07) is 10.6. The molecule has 2 aliphatic rings. The van der Waals surface area contributed by atoms with Gasteiger partial charge in [0.15, 0.2) is 0 Å². The summed E-state index contributed by atoms with van der Waals surface area (Å²) < 4.78 is 28.2. The molecular formula is C19H21ClN2O3S2.